The van der Waals surface area contributed by atoms with Crippen molar-refractivity contribution < 1.29 is 4.79 Å². The molecule has 2 aromatic carbocycles. The van der Waals surface area contributed by atoms with Gasteiger partial charge in [-0.2, -0.15) is 0 Å². The van der Waals surface area contributed by atoms with Crippen LogP contribution in [0.15, 0.2) is 42.5 Å². The maximum absolute atomic E-state index is 12.7. The zero-order valence-electron chi connectivity index (χ0n) is 11.7. The lowest BCUT2D eigenvalue weighted by Gasteiger charge is -2.17. The first-order chi connectivity index (χ1) is 10.2. The predicted molar refractivity (Wildman–Crippen MR) is 80.3 cm³/mol. The van der Waals surface area contributed by atoms with Gasteiger partial charge in [-0.1, -0.05) is 23.4 Å². The molecule has 0 radical (unpaired) electrons. The van der Waals surface area contributed by atoms with Gasteiger partial charge in [0.25, 0.3) is 5.91 Å². The number of amides is 1. The molecule has 1 aliphatic heterocycles. The summed E-state index contributed by atoms with van der Waals surface area (Å²) in [5.74, 6) is 0.0208. The first kappa shape index (κ1) is 12.1. The molecule has 21 heavy (non-hydrogen) atoms. The van der Waals surface area contributed by atoms with Crippen molar-refractivity contribution in [1.82, 2.24) is 15.0 Å². The van der Waals surface area contributed by atoms with Gasteiger partial charge in [-0.3, -0.25) is 4.79 Å². The van der Waals surface area contributed by atoms with Crippen molar-refractivity contribution in [3.8, 4) is 0 Å². The second-order valence-corrected chi connectivity index (χ2v) is 5.25. The highest BCUT2D eigenvalue weighted by atomic mass is 16.2. The Hall–Kier alpha value is -2.69. The van der Waals surface area contributed by atoms with Crippen LogP contribution in [0.5, 0.6) is 0 Å². The topological polar surface area (TPSA) is 51.0 Å². The summed E-state index contributed by atoms with van der Waals surface area (Å²) in [6, 6.07) is 13.6. The molecule has 5 nitrogen and oxygen atoms in total. The van der Waals surface area contributed by atoms with Crippen molar-refractivity contribution in [2.75, 3.05) is 11.4 Å². The van der Waals surface area contributed by atoms with Crippen LogP contribution >= 0.6 is 0 Å². The normalized spacial score (nSPS) is 13.7. The van der Waals surface area contributed by atoms with Gasteiger partial charge in [-0.15, -0.1) is 5.10 Å². The summed E-state index contributed by atoms with van der Waals surface area (Å²) in [6.45, 7) is 0.733. The third-order valence-corrected chi connectivity index (χ3v) is 3.99. The van der Waals surface area contributed by atoms with Crippen LogP contribution in [0.4, 0.5) is 5.69 Å². The number of benzene rings is 2. The number of fused-ring (bicyclic) bond motifs is 2. The Morgan fingerprint density at radius 3 is 2.95 bits per heavy atom. The van der Waals surface area contributed by atoms with Crippen molar-refractivity contribution >= 4 is 22.6 Å². The molecule has 0 saturated heterocycles. The van der Waals surface area contributed by atoms with Gasteiger partial charge in [0.2, 0.25) is 0 Å². The maximum Gasteiger partial charge on any atom is 0.258 e. The van der Waals surface area contributed by atoms with E-state index in [1.807, 2.05) is 48.3 Å². The summed E-state index contributed by atoms with van der Waals surface area (Å²) in [4.78, 5) is 14.6. The number of hydrogen-bond donors (Lipinski definition) is 0. The third kappa shape index (κ3) is 1.81. The van der Waals surface area contributed by atoms with E-state index in [2.05, 4.69) is 16.4 Å². The number of aryl methyl sites for hydroxylation is 1. The summed E-state index contributed by atoms with van der Waals surface area (Å²) in [6.07, 6.45) is 0.912. The van der Waals surface area contributed by atoms with E-state index in [-0.39, 0.29) is 5.91 Å². The van der Waals surface area contributed by atoms with E-state index in [1.54, 1.807) is 4.68 Å². The number of carbonyl (C=O) groups is 1. The fraction of sp³-hybridized carbons (Fsp3) is 0.188. The Labute approximate surface area is 121 Å². The number of anilines is 1. The zero-order chi connectivity index (χ0) is 14.4. The fourth-order valence-electron chi connectivity index (χ4n) is 2.88. The van der Waals surface area contributed by atoms with Gasteiger partial charge in [-0.25, -0.2) is 4.68 Å². The zero-order valence-corrected chi connectivity index (χ0v) is 11.7. The number of para-hydroxylation sites is 1. The first-order valence-electron chi connectivity index (χ1n) is 6.93. The van der Waals surface area contributed by atoms with Crippen molar-refractivity contribution in [3.05, 3.63) is 53.6 Å². The van der Waals surface area contributed by atoms with Gasteiger partial charge in [0, 0.05) is 24.8 Å². The minimum absolute atomic E-state index is 0.0208. The van der Waals surface area contributed by atoms with Crippen molar-refractivity contribution in [2.24, 2.45) is 7.05 Å². The van der Waals surface area contributed by atoms with E-state index < -0.39 is 0 Å². The van der Waals surface area contributed by atoms with Crippen LogP contribution in [-0.2, 0) is 13.5 Å². The summed E-state index contributed by atoms with van der Waals surface area (Å²) in [7, 11) is 1.84. The second kappa shape index (κ2) is 4.41. The molecule has 0 fully saturated rings. The molecule has 0 bridgehead atoms. The maximum atomic E-state index is 12.7. The van der Waals surface area contributed by atoms with Crippen LogP contribution in [0.3, 0.4) is 0 Å². The molecule has 3 aromatic rings. The molecular formula is C16H14N4O. The largest absolute Gasteiger partial charge is 0.308 e. The monoisotopic (exact) mass is 278 g/mol. The second-order valence-electron chi connectivity index (χ2n) is 5.25. The molecule has 5 heteroatoms. The van der Waals surface area contributed by atoms with Gasteiger partial charge in [0.05, 0.1) is 5.52 Å². The lowest BCUT2D eigenvalue weighted by atomic mass is 10.1. The minimum Gasteiger partial charge on any atom is -0.308 e. The average molecular weight is 278 g/mol. The lowest BCUT2D eigenvalue weighted by molar-refractivity contribution is 0.0989. The van der Waals surface area contributed by atoms with Crippen LogP contribution in [0.25, 0.3) is 11.0 Å². The van der Waals surface area contributed by atoms with Gasteiger partial charge in [0.15, 0.2) is 0 Å². The smallest absolute Gasteiger partial charge is 0.258 e. The Kier molecular flexibility index (Phi) is 2.54. The molecule has 1 aromatic heterocycles. The van der Waals surface area contributed by atoms with Gasteiger partial charge < -0.3 is 4.90 Å². The van der Waals surface area contributed by atoms with Gasteiger partial charge in [-0.05, 0) is 36.2 Å². The van der Waals surface area contributed by atoms with Gasteiger partial charge >= 0.3 is 0 Å². The third-order valence-electron chi connectivity index (χ3n) is 3.99. The van der Waals surface area contributed by atoms with Crippen LogP contribution in [0, 0.1) is 0 Å². The molecule has 2 heterocycles. The summed E-state index contributed by atoms with van der Waals surface area (Å²) in [5, 5.41) is 8.05. The van der Waals surface area contributed by atoms with Crippen LogP contribution in [0.1, 0.15) is 15.9 Å². The Bertz CT molecular complexity index is 852. The highest BCUT2D eigenvalue weighted by molar-refractivity contribution is 6.08. The average Bonchev–Trinajstić information content (AvgIpc) is 3.10. The van der Waals surface area contributed by atoms with E-state index in [0.717, 1.165) is 29.7 Å². The minimum atomic E-state index is 0.0208. The van der Waals surface area contributed by atoms with E-state index in [9.17, 15) is 4.79 Å². The molecule has 4 rings (SSSR count). The van der Waals surface area contributed by atoms with Gasteiger partial charge in [0.1, 0.15) is 5.52 Å². The molecule has 0 spiro atoms. The Morgan fingerprint density at radius 1 is 1.19 bits per heavy atom. The molecule has 0 aliphatic carbocycles. The molecule has 0 N–H and O–H groups in total. The summed E-state index contributed by atoms with van der Waals surface area (Å²) in [5.41, 5.74) is 4.57. The number of hydrogen-bond acceptors (Lipinski definition) is 3. The van der Waals surface area contributed by atoms with Crippen LogP contribution < -0.4 is 4.90 Å². The van der Waals surface area contributed by atoms with Crippen LogP contribution in [0.2, 0.25) is 0 Å². The highest BCUT2D eigenvalue weighted by Crippen LogP contribution is 2.29. The molecular weight excluding hydrogens is 264 g/mol. The molecule has 0 unspecified atom stereocenters. The van der Waals surface area contributed by atoms with E-state index >= 15 is 0 Å². The number of carbonyl (C=O) groups excluding carboxylic acids is 1. The van der Waals surface area contributed by atoms with E-state index in [4.69, 9.17) is 0 Å². The highest BCUT2D eigenvalue weighted by Gasteiger charge is 2.25. The lowest BCUT2D eigenvalue weighted by Crippen LogP contribution is -2.28. The fourth-order valence-corrected chi connectivity index (χ4v) is 2.88. The Morgan fingerprint density at radius 2 is 2.05 bits per heavy atom. The molecule has 104 valence electrons. The van der Waals surface area contributed by atoms with E-state index in [1.165, 1.54) is 5.56 Å². The number of rotatable bonds is 1. The molecule has 1 aliphatic rings. The Balaban J connectivity index is 1.74. The van der Waals surface area contributed by atoms with Crippen molar-refractivity contribution in [1.29, 1.82) is 0 Å². The summed E-state index contributed by atoms with van der Waals surface area (Å²) >= 11 is 0. The number of aromatic nitrogens is 3. The van der Waals surface area contributed by atoms with E-state index in [0.29, 0.717) is 5.56 Å². The number of nitrogens with zero attached hydrogens (tertiary/aromatic N) is 4. The molecule has 0 saturated carbocycles. The quantitative estimate of drug-likeness (QED) is 0.685. The SMILES string of the molecule is Cn1nnc2cc(C(=O)N3CCc4ccccc43)ccc21. The standard InChI is InChI=1S/C16H14N4O/c1-19-15-7-6-12(10-13(15)17-18-19)16(21)20-9-8-11-4-2-3-5-14(11)20/h2-7,10H,8-9H2,1H3. The predicted octanol–water partition coefficient (Wildman–Crippen LogP) is 2.17. The van der Waals surface area contributed by atoms with Crippen molar-refractivity contribution in [2.45, 2.75) is 6.42 Å². The van der Waals surface area contributed by atoms with Crippen molar-refractivity contribution in [3.63, 3.8) is 0 Å². The molecule has 1 amide bonds. The first-order valence-corrected chi connectivity index (χ1v) is 6.93. The van der Waals surface area contributed by atoms with Crippen LogP contribution in [-0.4, -0.2) is 27.4 Å². The summed E-state index contributed by atoms with van der Waals surface area (Å²) < 4.78 is 1.70. The molecule has 0 atom stereocenters.